The number of H-pyrrole nitrogens is 1. The summed E-state index contributed by atoms with van der Waals surface area (Å²) in [7, 11) is 0. The molecule has 2 aliphatic heterocycles. The van der Waals surface area contributed by atoms with Gasteiger partial charge in [-0.15, -0.1) is 11.8 Å². The average molecular weight is 550 g/mol. The Morgan fingerprint density at radius 1 is 0.947 bits per heavy atom. The van der Waals surface area contributed by atoms with E-state index in [1.54, 1.807) is 11.8 Å². The number of imide groups is 1. The van der Waals surface area contributed by atoms with Gasteiger partial charge in [0, 0.05) is 34.8 Å². The molecule has 38 heavy (non-hydrogen) atoms. The van der Waals surface area contributed by atoms with Crippen molar-refractivity contribution >= 4 is 46.3 Å². The molecule has 0 radical (unpaired) electrons. The number of carbonyl (C=O) groups is 2. The second-order valence-corrected chi connectivity index (χ2v) is 12.9. The maximum atomic E-state index is 13.8. The molecule has 5 unspecified atom stereocenters. The molecular weight excluding hydrogens is 521 g/mol. The molecule has 3 aromatic rings. The maximum absolute atomic E-state index is 13.8. The van der Waals surface area contributed by atoms with Crippen molar-refractivity contribution in [1.82, 2.24) is 4.98 Å². The molecule has 1 saturated heterocycles. The minimum absolute atomic E-state index is 0.00433. The highest BCUT2D eigenvalue weighted by atomic mass is 32.2. The normalized spacial score (nSPS) is 30.9. The monoisotopic (exact) mass is 549 g/mol. The van der Waals surface area contributed by atoms with E-state index in [1.807, 2.05) is 0 Å². The molecule has 3 fully saturated rings. The molecule has 7 atom stereocenters. The van der Waals surface area contributed by atoms with Crippen LogP contribution in [0.1, 0.15) is 36.6 Å². The molecule has 9 heteroatoms. The van der Waals surface area contributed by atoms with Crippen LogP contribution in [0.15, 0.2) is 58.4 Å². The Hall–Kier alpha value is -2.91. The molecule has 1 aromatic heterocycles. The largest absolute Gasteiger partial charge is 0.372 e. The zero-order chi connectivity index (χ0) is 26.3. The van der Waals surface area contributed by atoms with Crippen molar-refractivity contribution in [2.75, 3.05) is 22.9 Å². The van der Waals surface area contributed by atoms with Crippen molar-refractivity contribution < 1.29 is 14.0 Å². The molecule has 2 saturated carbocycles. The predicted octanol–water partition coefficient (Wildman–Crippen LogP) is 5.10. The first-order valence-electron chi connectivity index (χ1n) is 13.3. The van der Waals surface area contributed by atoms with Crippen molar-refractivity contribution in [3.63, 3.8) is 0 Å². The van der Waals surface area contributed by atoms with E-state index < -0.39 is 5.82 Å². The summed E-state index contributed by atoms with van der Waals surface area (Å²) in [4.78, 5) is 47.5. The summed E-state index contributed by atoms with van der Waals surface area (Å²) < 4.78 is 13.6. The van der Waals surface area contributed by atoms with E-state index in [0.717, 1.165) is 35.0 Å². The zero-order valence-electron chi connectivity index (χ0n) is 21.1. The molecule has 2 aromatic carbocycles. The fourth-order valence-electron chi connectivity index (χ4n) is 7.72. The lowest BCUT2D eigenvalue weighted by molar-refractivity contribution is -0.123. The van der Waals surface area contributed by atoms with Gasteiger partial charge in [0.05, 0.1) is 22.5 Å². The Bertz CT molecular complexity index is 1480. The van der Waals surface area contributed by atoms with Crippen LogP contribution in [0.2, 0.25) is 0 Å². The number of nitrogens with one attached hydrogen (secondary N) is 1. The van der Waals surface area contributed by atoms with Gasteiger partial charge in [-0.25, -0.2) is 4.39 Å². The molecule has 2 bridgehead atoms. The number of amides is 2. The third-order valence-electron chi connectivity index (χ3n) is 9.19. The fourth-order valence-corrected chi connectivity index (χ4v) is 10.6. The highest BCUT2D eigenvalue weighted by Crippen LogP contribution is 2.68. The molecule has 0 spiro atoms. The summed E-state index contributed by atoms with van der Waals surface area (Å²) >= 11 is 2.97. The number of fused-ring (bicyclic) bond motifs is 9. The molecular formula is C29H28FN3O3S2. The SMILES string of the molecule is CCN(CC)c1ccc(C2c3sc(=O)[nH]c3SC3C2[C@H]2C[C@@H]3C3C(=O)N(c4ccc(F)cc4)C(=O)C32)cc1. The molecule has 2 amide bonds. The van der Waals surface area contributed by atoms with Gasteiger partial charge in [-0.1, -0.05) is 23.5 Å². The van der Waals surface area contributed by atoms with E-state index in [4.69, 9.17) is 0 Å². The minimum atomic E-state index is -0.398. The number of nitrogens with zero attached hydrogens (tertiary/aromatic N) is 2. The summed E-state index contributed by atoms with van der Waals surface area (Å²) in [6.45, 7) is 6.14. The third kappa shape index (κ3) is 3.33. The van der Waals surface area contributed by atoms with E-state index in [-0.39, 0.29) is 57.4 Å². The van der Waals surface area contributed by atoms with Crippen LogP contribution in [0.4, 0.5) is 15.8 Å². The van der Waals surface area contributed by atoms with Crippen LogP contribution in [0.3, 0.4) is 0 Å². The molecule has 4 aliphatic rings. The summed E-state index contributed by atoms with van der Waals surface area (Å²) in [6, 6.07) is 14.3. The number of rotatable bonds is 5. The average Bonchev–Trinajstić information content (AvgIpc) is 3.65. The number of hydrogen-bond donors (Lipinski definition) is 1. The molecule has 3 heterocycles. The van der Waals surface area contributed by atoms with Gasteiger partial charge in [-0.05, 0) is 80.0 Å². The highest BCUT2D eigenvalue weighted by Gasteiger charge is 2.69. The van der Waals surface area contributed by atoms with Gasteiger partial charge in [-0.3, -0.25) is 19.3 Å². The van der Waals surface area contributed by atoms with Crippen LogP contribution in [-0.2, 0) is 9.59 Å². The van der Waals surface area contributed by atoms with Crippen LogP contribution in [0.5, 0.6) is 0 Å². The maximum Gasteiger partial charge on any atom is 0.305 e. The first-order chi connectivity index (χ1) is 18.4. The number of thioether (sulfide) groups is 1. The summed E-state index contributed by atoms with van der Waals surface area (Å²) in [6.07, 6.45) is 0.847. The van der Waals surface area contributed by atoms with Gasteiger partial charge < -0.3 is 9.88 Å². The predicted molar refractivity (Wildman–Crippen MR) is 147 cm³/mol. The number of halogens is 1. The topological polar surface area (TPSA) is 73.5 Å². The Labute approximate surface area is 228 Å². The standard InChI is InChI=1S/C29H28FN3O3S2/c1-3-32(4-2)16-9-5-14(6-10-16)20-21-18-13-19(24(21)37-26-25(20)38-29(36)31-26)23-22(18)27(34)33(28(23)35)17-11-7-15(30)8-12-17/h5-12,18-24H,3-4,13H2,1-2H3,(H,31,36)/t18-,19-,20?,21?,22?,23?,24?/m1/s1. The quantitative estimate of drug-likeness (QED) is 0.449. The number of carbonyl (C=O) groups excluding carboxylic acids is 2. The number of anilines is 2. The van der Waals surface area contributed by atoms with Gasteiger partial charge >= 0.3 is 4.87 Å². The number of aromatic amines is 1. The van der Waals surface area contributed by atoms with Gasteiger partial charge in [0.1, 0.15) is 5.82 Å². The van der Waals surface area contributed by atoms with Crippen LogP contribution in [0.25, 0.3) is 0 Å². The van der Waals surface area contributed by atoms with Crippen molar-refractivity contribution in [2.24, 2.45) is 29.6 Å². The lowest BCUT2D eigenvalue weighted by atomic mass is 9.68. The molecule has 7 rings (SSSR count). The van der Waals surface area contributed by atoms with Crippen molar-refractivity contribution in [2.45, 2.75) is 36.5 Å². The van der Waals surface area contributed by atoms with Crippen LogP contribution in [-0.4, -0.2) is 35.1 Å². The van der Waals surface area contributed by atoms with E-state index in [9.17, 15) is 18.8 Å². The van der Waals surface area contributed by atoms with Gasteiger partial charge in [0.25, 0.3) is 0 Å². The van der Waals surface area contributed by atoms with Crippen molar-refractivity contribution in [3.8, 4) is 0 Å². The van der Waals surface area contributed by atoms with Crippen LogP contribution < -0.4 is 14.7 Å². The summed E-state index contributed by atoms with van der Waals surface area (Å²) in [5, 5.41) is 1.06. The second-order valence-electron chi connectivity index (χ2n) is 10.7. The minimum Gasteiger partial charge on any atom is -0.372 e. The zero-order valence-corrected chi connectivity index (χ0v) is 22.7. The Balaban J connectivity index is 1.28. The summed E-state index contributed by atoms with van der Waals surface area (Å²) in [5.74, 6) is -1.16. The molecule has 196 valence electrons. The lowest BCUT2D eigenvalue weighted by Gasteiger charge is -2.43. The third-order valence-corrected chi connectivity index (χ3v) is 11.8. The second kappa shape index (κ2) is 8.81. The smallest absolute Gasteiger partial charge is 0.305 e. The number of aromatic nitrogens is 1. The Morgan fingerprint density at radius 3 is 2.26 bits per heavy atom. The first-order valence-corrected chi connectivity index (χ1v) is 15.0. The first kappa shape index (κ1) is 24.2. The van der Waals surface area contributed by atoms with Gasteiger partial charge in [0.2, 0.25) is 11.8 Å². The van der Waals surface area contributed by atoms with Crippen LogP contribution in [0, 0.1) is 35.4 Å². The molecule has 6 nitrogen and oxygen atoms in total. The number of hydrogen-bond acceptors (Lipinski definition) is 6. The van der Waals surface area contributed by atoms with Gasteiger partial charge in [-0.2, -0.15) is 0 Å². The van der Waals surface area contributed by atoms with Gasteiger partial charge in [0.15, 0.2) is 0 Å². The van der Waals surface area contributed by atoms with E-state index in [0.29, 0.717) is 5.69 Å². The van der Waals surface area contributed by atoms with E-state index >= 15 is 0 Å². The van der Waals surface area contributed by atoms with Crippen molar-refractivity contribution in [3.05, 3.63) is 74.5 Å². The lowest BCUT2D eigenvalue weighted by Crippen LogP contribution is -2.42. The van der Waals surface area contributed by atoms with Crippen LogP contribution >= 0.6 is 23.1 Å². The van der Waals surface area contributed by atoms with E-state index in [1.165, 1.54) is 46.2 Å². The number of thiazole rings is 1. The fraction of sp³-hybridized carbons (Fsp3) is 0.414. The van der Waals surface area contributed by atoms with Crippen molar-refractivity contribution in [1.29, 1.82) is 0 Å². The molecule has 1 N–H and O–H groups in total. The van der Waals surface area contributed by atoms with E-state index in [2.05, 4.69) is 48.0 Å². The Morgan fingerprint density at radius 2 is 1.61 bits per heavy atom. The Kier molecular flexibility index (Phi) is 5.60. The molecule has 2 aliphatic carbocycles. The highest BCUT2D eigenvalue weighted by molar-refractivity contribution is 8.00. The summed E-state index contributed by atoms with van der Waals surface area (Å²) in [5.41, 5.74) is 2.77. The number of benzene rings is 2.